The van der Waals surface area contributed by atoms with Crippen LogP contribution < -0.4 is 16.4 Å². The van der Waals surface area contributed by atoms with Crippen molar-refractivity contribution in [1.82, 2.24) is 10.6 Å². The average molecular weight is 247 g/mol. The Morgan fingerprint density at radius 2 is 2.17 bits per heavy atom. The summed E-state index contributed by atoms with van der Waals surface area (Å²) >= 11 is 0. The largest absolute Gasteiger partial charge is 0.399 e. The maximum Gasteiger partial charge on any atom is 0.224 e. The van der Waals surface area contributed by atoms with Crippen molar-refractivity contribution < 1.29 is 4.79 Å². The fourth-order valence-corrected chi connectivity index (χ4v) is 2.23. The highest BCUT2D eigenvalue weighted by Gasteiger charge is 2.19. The molecule has 2 rings (SSSR count). The quantitative estimate of drug-likeness (QED) is 0.693. The summed E-state index contributed by atoms with van der Waals surface area (Å²) < 4.78 is 0. The van der Waals surface area contributed by atoms with Crippen LogP contribution in [0.25, 0.3) is 0 Å². The van der Waals surface area contributed by atoms with Gasteiger partial charge in [0.1, 0.15) is 0 Å². The molecule has 0 bridgehead atoms. The van der Waals surface area contributed by atoms with E-state index in [0.29, 0.717) is 6.54 Å². The molecule has 98 valence electrons. The Kier molecular flexibility index (Phi) is 4.59. The lowest BCUT2D eigenvalue weighted by Gasteiger charge is -2.21. The summed E-state index contributed by atoms with van der Waals surface area (Å²) in [5.74, 6) is 0.322. The van der Waals surface area contributed by atoms with Crippen molar-refractivity contribution in [3.8, 4) is 0 Å². The number of nitrogens with one attached hydrogen (secondary N) is 2. The van der Waals surface area contributed by atoms with Gasteiger partial charge in [-0.2, -0.15) is 0 Å². The summed E-state index contributed by atoms with van der Waals surface area (Å²) in [5.41, 5.74) is 7.60. The number of rotatable bonds is 4. The lowest BCUT2D eigenvalue weighted by atomic mass is 9.99. The van der Waals surface area contributed by atoms with E-state index < -0.39 is 0 Å². The van der Waals surface area contributed by atoms with E-state index in [2.05, 4.69) is 10.6 Å². The number of amides is 1. The van der Waals surface area contributed by atoms with Crippen LogP contribution in [0.5, 0.6) is 0 Å². The first-order valence-corrected chi connectivity index (χ1v) is 6.58. The molecule has 0 aliphatic carbocycles. The summed E-state index contributed by atoms with van der Waals surface area (Å²) in [6, 6.07) is 7.79. The Morgan fingerprint density at radius 3 is 2.83 bits per heavy atom. The third-order valence-electron chi connectivity index (χ3n) is 3.36. The van der Waals surface area contributed by atoms with E-state index in [0.717, 1.165) is 38.0 Å². The molecule has 1 aliphatic heterocycles. The lowest BCUT2D eigenvalue weighted by Crippen LogP contribution is -2.41. The van der Waals surface area contributed by atoms with Crippen LogP contribution in [-0.4, -0.2) is 25.5 Å². The van der Waals surface area contributed by atoms with Crippen molar-refractivity contribution in [1.29, 1.82) is 0 Å². The minimum Gasteiger partial charge on any atom is -0.399 e. The van der Waals surface area contributed by atoms with Gasteiger partial charge in [0.25, 0.3) is 0 Å². The number of anilines is 1. The molecule has 1 aromatic carbocycles. The number of carbonyl (C=O) groups excluding carboxylic acids is 1. The standard InChI is InChI=1S/C14H21N3O/c15-13-5-3-11(4-6-13)7-9-17-14(18)12-2-1-8-16-10-12/h3-6,12,16H,1-2,7-10,15H2,(H,17,18). The van der Waals surface area contributed by atoms with Crippen molar-refractivity contribution in [2.24, 2.45) is 5.92 Å². The summed E-state index contributed by atoms with van der Waals surface area (Å²) in [6.07, 6.45) is 2.95. The van der Waals surface area contributed by atoms with Crippen LogP contribution in [0.1, 0.15) is 18.4 Å². The molecule has 0 saturated carbocycles. The first-order chi connectivity index (χ1) is 8.75. The second-order valence-corrected chi connectivity index (χ2v) is 4.83. The number of hydrogen-bond donors (Lipinski definition) is 3. The first kappa shape index (κ1) is 12.9. The van der Waals surface area contributed by atoms with E-state index >= 15 is 0 Å². The second kappa shape index (κ2) is 6.40. The van der Waals surface area contributed by atoms with E-state index in [-0.39, 0.29) is 11.8 Å². The van der Waals surface area contributed by atoms with Gasteiger partial charge in [-0.05, 0) is 43.5 Å². The Morgan fingerprint density at radius 1 is 1.39 bits per heavy atom. The van der Waals surface area contributed by atoms with Gasteiger partial charge in [0.05, 0.1) is 5.92 Å². The molecule has 1 atom stereocenters. The molecule has 1 aliphatic rings. The Bertz CT molecular complexity index is 383. The minimum atomic E-state index is 0.144. The number of piperidine rings is 1. The Hall–Kier alpha value is -1.55. The highest BCUT2D eigenvalue weighted by Crippen LogP contribution is 2.10. The normalized spacial score (nSPS) is 19.4. The fourth-order valence-electron chi connectivity index (χ4n) is 2.23. The SMILES string of the molecule is Nc1ccc(CCNC(=O)C2CCCNC2)cc1. The van der Waals surface area contributed by atoms with Crippen LogP contribution in [0.2, 0.25) is 0 Å². The molecule has 0 radical (unpaired) electrons. The molecule has 1 fully saturated rings. The molecule has 4 heteroatoms. The summed E-state index contributed by atoms with van der Waals surface area (Å²) in [6.45, 7) is 2.54. The van der Waals surface area contributed by atoms with Gasteiger partial charge < -0.3 is 16.4 Å². The molecule has 4 N–H and O–H groups in total. The molecule has 1 heterocycles. The molecular formula is C14H21N3O. The fraction of sp³-hybridized carbons (Fsp3) is 0.500. The lowest BCUT2D eigenvalue weighted by molar-refractivity contribution is -0.125. The second-order valence-electron chi connectivity index (χ2n) is 4.83. The number of benzene rings is 1. The van der Waals surface area contributed by atoms with E-state index in [9.17, 15) is 4.79 Å². The average Bonchev–Trinajstić information content (AvgIpc) is 2.42. The van der Waals surface area contributed by atoms with Crippen molar-refractivity contribution in [3.63, 3.8) is 0 Å². The zero-order valence-corrected chi connectivity index (χ0v) is 10.6. The number of nitrogen functional groups attached to an aromatic ring is 1. The van der Waals surface area contributed by atoms with E-state index in [1.165, 1.54) is 5.56 Å². The third-order valence-corrected chi connectivity index (χ3v) is 3.36. The zero-order valence-electron chi connectivity index (χ0n) is 10.6. The van der Waals surface area contributed by atoms with Gasteiger partial charge >= 0.3 is 0 Å². The molecule has 0 aromatic heterocycles. The van der Waals surface area contributed by atoms with E-state index in [1.54, 1.807) is 0 Å². The minimum absolute atomic E-state index is 0.144. The van der Waals surface area contributed by atoms with Gasteiger partial charge in [-0.25, -0.2) is 0 Å². The van der Waals surface area contributed by atoms with Gasteiger partial charge in [0.2, 0.25) is 5.91 Å². The first-order valence-electron chi connectivity index (χ1n) is 6.58. The molecule has 1 aromatic rings. The van der Waals surface area contributed by atoms with Crippen molar-refractivity contribution in [3.05, 3.63) is 29.8 Å². The summed E-state index contributed by atoms with van der Waals surface area (Å²) in [4.78, 5) is 11.9. The number of nitrogens with two attached hydrogens (primary N) is 1. The molecule has 1 amide bonds. The number of carbonyl (C=O) groups is 1. The predicted octanol–water partition coefficient (Wildman–Crippen LogP) is 0.927. The smallest absolute Gasteiger partial charge is 0.224 e. The van der Waals surface area contributed by atoms with Crippen molar-refractivity contribution in [2.75, 3.05) is 25.4 Å². The van der Waals surface area contributed by atoms with Crippen LogP contribution in [0.4, 0.5) is 5.69 Å². The van der Waals surface area contributed by atoms with Crippen LogP contribution in [0.3, 0.4) is 0 Å². The monoisotopic (exact) mass is 247 g/mol. The predicted molar refractivity (Wildman–Crippen MR) is 73.2 cm³/mol. The molecule has 4 nitrogen and oxygen atoms in total. The van der Waals surface area contributed by atoms with E-state index in [4.69, 9.17) is 5.73 Å². The van der Waals surface area contributed by atoms with Gasteiger partial charge in [-0.15, -0.1) is 0 Å². The van der Waals surface area contributed by atoms with E-state index in [1.807, 2.05) is 24.3 Å². The highest BCUT2D eigenvalue weighted by molar-refractivity contribution is 5.78. The maximum absolute atomic E-state index is 11.9. The molecule has 0 spiro atoms. The summed E-state index contributed by atoms with van der Waals surface area (Å²) in [7, 11) is 0. The third kappa shape index (κ3) is 3.74. The maximum atomic E-state index is 11.9. The number of hydrogen-bond acceptors (Lipinski definition) is 3. The molecule has 1 saturated heterocycles. The van der Waals surface area contributed by atoms with Crippen LogP contribution in [0.15, 0.2) is 24.3 Å². The molecular weight excluding hydrogens is 226 g/mol. The van der Waals surface area contributed by atoms with Crippen molar-refractivity contribution >= 4 is 11.6 Å². The highest BCUT2D eigenvalue weighted by atomic mass is 16.1. The topological polar surface area (TPSA) is 67.1 Å². The van der Waals surface area contributed by atoms with Crippen LogP contribution in [0, 0.1) is 5.92 Å². The van der Waals surface area contributed by atoms with Crippen molar-refractivity contribution in [2.45, 2.75) is 19.3 Å². The van der Waals surface area contributed by atoms with Gasteiger partial charge in [0, 0.05) is 18.8 Å². The summed E-state index contributed by atoms with van der Waals surface area (Å²) in [5, 5.41) is 6.26. The Labute approximate surface area is 108 Å². The van der Waals surface area contributed by atoms with Crippen LogP contribution >= 0.6 is 0 Å². The zero-order chi connectivity index (χ0) is 12.8. The molecule has 18 heavy (non-hydrogen) atoms. The van der Waals surface area contributed by atoms with Crippen LogP contribution in [-0.2, 0) is 11.2 Å². The van der Waals surface area contributed by atoms with Gasteiger partial charge in [0.15, 0.2) is 0 Å². The molecule has 1 unspecified atom stereocenters. The Balaban J connectivity index is 1.71. The van der Waals surface area contributed by atoms with Gasteiger partial charge in [-0.3, -0.25) is 4.79 Å². The van der Waals surface area contributed by atoms with Gasteiger partial charge in [-0.1, -0.05) is 12.1 Å².